The molecule has 0 aliphatic carbocycles. The third-order valence-corrected chi connectivity index (χ3v) is 4.55. The number of carbonyl (C=O) groups is 1. The molecule has 6 heteroatoms. The molecule has 3 rings (SSSR count). The average molecular weight is 313 g/mol. The molecule has 0 spiro atoms. The predicted molar refractivity (Wildman–Crippen MR) is 89.5 cm³/mol. The maximum Gasteiger partial charge on any atom is 0.267 e. The fraction of sp³-hybridized carbons (Fsp3) is 0.471. The molecule has 1 amide bonds. The zero-order valence-electron chi connectivity index (χ0n) is 13.9. The maximum absolute atomic E-state index is 12.0. The number of carbonyl (C=O) groups excluding carboxylic acids is 1. The molecule has 23 heavy (non-hydrogen) atoms. The molecule has 1 aliphatic rings. The lowest BCUT2D eigenvalue weighted by Gasteiger charge is -2.37. The summed E-state index contributed by atoms with van der Waals surface area (Å²) >= 11 is 0. The average Bonchev–Trinajstić information content (AvgIpc) is 2.95. The van der Waals surface area contributed by atoms with E-state index in [1.807, 2.05) is 30.7 Å². The Morgan fingerprint density at radius 1 is 1.30 bits per heavy atom. The monoisotopic (exact) mass is 313 g/mol. The van der Waals surface area contributed by atoms with E-state index in [4.69, 9.17) is 0 Å². The smallest absolute Gasteiger partial charge is 0.267 e. The van der Waals surface area contributed by atoms with Crippen LogP contribution in [0.5, 0.6) is 0 Å². The van der Waals surface area contributed by atoms with Gasteiger partial charge in [0.2, 0.25) is 0 Å². The molecule has 1 aliphatic heterocycles. The van der Waals surface area contributed by atoms with Crippen molar-refractivity contribution in [1.82, 2.24) is 19.9 Å². The van der Waals surface area contributed by atoms with Crippen molar-refractivity contribution >= 4 is 11.7 Å². The van der Waals surface area contributed by atoms with Gasteiger partial charge in [-0.2, -0.15) is 0 Å². The second kappa shape index (κ2) is 6.40. The van der Waals surface area contributed by atoms with Crippen molar-refractivity contribution in [3.63, 3.8) is 0 Å². The van der Waals surface area contributed by atoms with E-state index in [0.717, 1.165) is 36.6 Å². The van der Waals surface area contributed by atoms with Gasteiger partial charge in [-0.3, -0.25) is 4.79 Å². The Kier molecular flexibility index (Phi) is 4.32. The summed E-state index contributed by atoms with van der Waals surface area (Å²) in [7, 11) is 3.61. The second-order valence-corrected chi connectivity index (χ2v) is 6.00. The number of nitrogens with zero attached hydrogens (tertiary/aromatic N) is 4. The number of hydrogen-bond donors (Lipinski definition) is 1. The topological polar surface area (TPSA) is 63.1 Å². The third kappa shape index (κ3) is 2.93. The van der Waals surface area contributed by atoms with Gasteiger partial charge in [-0.25, -0.2) is 9.97 Å². The van der Waals surface area contributed by atoms with E-state index in [0.29, 0.717) is 5.69 Å². The number of amides is 1. The van der Waals surface area contributed by atoms with Gasteiger partial charge in [0, 0.05) is 38.1 Å². The van der Waals surface area contributed by atoms with E-state index >= 15 is 0 Å². The molecule has 1 fully saturated rings. The van der Waals surface area contributed by atoms with Gasteiger partial charge in [0.05, 0.1) is 6.04 Å². The normalized spacial score (nSPS) is 18.0. The van der Waals surface area contributed by atoms with Crippen LogP contribution >= 0.6 is 0 Å². The molecule has 6 nitrogen and oxygen atoms in total. The molecule has 0 radical (unpaired) electrons. The van der Waals surface area contributed by atoms with E-state index in [9.17, 15) is 4.79 Å². The minimum Gasteiger partial charge on any atom is -0.354 e. The molecule has 0 aromatic carbocycles. The summed E-state index contributed by atoms with van der Waals surface area (Å²) in [5.74, 6) is 0.906. The molecule has 1 unspecified atom stereocenters. The number of aromatic nitrogens is 3. The Bertz CT molecular complexity index is 709. The van der Waals surface area contributed by atoms with Crippen LogP contribution in [0.15, 0.2) is 24.5 Å². The molecule has 1 N–H and O–H groups in total. The van der Waals surface area contributed by atoms with Crippen LogP contribution in [-0.4, -0.2) is 34.0 Å². The van der Waals surface area contributed by atoms with Gasteiger partial charge >= 0.3 is 0 Å². The first kappa shape index (κ1) is 15.5. The zero-order chi connectivity index (χ0) is 16.4. The van der Waals surface area contributed by atoms with Crippen molar-refractivity contribution < 1.29 is 4.79 Å². The number of anilines is 1. The lowest BCUT2D eigenvalue weighted by atomic mass is 9.99. The molecule has 2 aromatic heterocycles. The van der Waals surface area contributed by atoms with Crippen LogP contribution in [-0.2, 0) is 7.05 Å². The van der Waals surface area contributed by atoms with E-state index < -0.39 is 0 Å². The van der Waals surface area contributed by atoms with Crippen LogP contribution in [0.3, 0.4) is 0 Å². The highest BCUT2D eigenvalue weighted by atomic mass is 16.1. The van der Waals surface area contributed by atoms with Crippen LogP contribution in [0.2, 0.25) is 0 Å². The predicted octanol–water partition coefficient (Wildman–Crippen LogP) is 2.21. The van der Waals surface area contributed by atoms with Crippen molar-refractivity contribution in [3.8, 4) is 0 Å². The zero-order valence-corrected chi connectivity index (χ0v) is 13.9. The molecule has 3 heterocycles. The first-order valence-corrected chi connectivity index (χ1v) is 8.05. The number of aryl methyl sites for hydroxylation is 1. The summed E-state index contributed by atoms with van der Waals surface area (Å²) < 4.78 is 2.00. The van der Waals surface area contributed by atoms with Crippen molar-refractivity contribution in [3.05, 3.63) is 41.6 Å². The van der Waals surface area contributed by atoms with E-state index in [-0.39, 0.29) is 11.9 Å². The van der Waals surface area contributed by atoms with E-state index in [1.54, 1.807) is 13.4 Å². The van der Waals surface area contributed by atoms with Gasteiger partial charge in [-0.05, 0) is 38.3 Å². The standard InChI is InChI=1S/C17H23N5O/c1-12-10-16(20-11-19-12)22-9-5-4-6-14(22)13-7-8-15(21(13)3)17(23)18-2/h7-8,10-11,14H,4-6,9H2,1-3H3,(H,18,23). The number of rotatable bonds is 3. The Labute approximate surface area is 136 Å². The van der Waals surface area contributed by atoms with Crippen LogP contribution in [0, 0.1) is 6.92 Å². The first-order chi connectivity index (χ1) is 11.1. The Balaban J connectivity index is 1.96. The second-order valence-electron chi connectivity index (χ2n) is 6.00. The highest BCUT2D eigenvalue weighted by Gasteiger charge is 2.28. The molecule has 2 aromatic rings. The van der Waals surface area contributed by atoms with Crippen molar-refractivity contribution in [2.24, 2.45) is 7.05 Å². The Morgan fingerprint density at radius 2 is 2.13 bits per heavy atom. The van der Waals surface area contributed by atoms with Crippen molar-refractivity contribution in [2.75, 3.05) is 18.5 Å². The molecule has 1 saturated heterocycles. The van der Waals surface area contributed by atoms with Crippen LogP contribution in [0.4, 0.5) is 5.82 Å². The lowest BCUT2D eigenvalue weighted by molar-refractivity contribution is 0.0954. The van der Waals surface area contributed by atoms with Gasteiger partial charge in [0.1, 0.15) is 17.8 Å². The van der Waals surface area contributed by atoms with Gasteiger partial charge in [0.15, 0.2) is 0 Å². The van der Waals surface area contributed by atoms with Crippen molar-refractivity contribution in [2.45, 2.75) is 32.2 Å². The summed E-state index contributed by atoms with van der Waals surface area (Å²) in [5.41, 5.74) is 2.81. The summed E-state index contributed by atoms with van der Waals surface area (Å²) in [6.07, 6.45) is 5.03. The van der Waals surface area contributed by atoms with Crippen molar-refractivity contribution in [1.29, 1.82) is 0 Å². The third-order valence-electron chi connectivity index (χ3n) is 4.55. The van der Waals surface area contributed by atoms with E-state index in [2.05, 4.69) is 26.3 Å². The quantitative estimate of drug-likeness (QED) is 0.944. The largest absolute Gasteiger partial charge is 0.354 e. The highest BCUT2D eigenvalue weighted by molar-refractivity contribution is 5.92. The molecule has 122 valence electrons. The number of piperidine rings is 1. The molecular formula is C17H23N5O. The summed E-state index contributed by atoms with van der Waals surface area (Å²) in [6.45, 7) is 2.96. The Morgan fingerprint density at radius 3 is 2.87 bits per heavy atom. The molecule has 0 bridgehead atoms. The number of nitrogens with one attached hydrogen (secondary N) is 1. The minimum absolute atomic E-state index is 0.0565. The SMILES string of the molecule is CNC(=O)c1ccc(C2CCCCN2c2cc(C)ncn2)n1C. The van der Waals surface area contributed by atoms with Gasteiger partial charge in [0.25, 0.3) is 5.91 Å². The summed E-state index contributed by atoms with van der Waals surface area (Å²) in [6, 6.07) is 6.22. The summed E-state index contributed by atoms with van der Waals surface area (Å²) in [4.78, 5) is 22.9. The molecule has 1 atom stereocenters. The lowest BCUT2D eigenvalue weighted by Crippen LogP contribution is -2.35. The first-order valence-electron chi connectivity index (χ1n) is 8.05. The molecular weight excluding hydrogens is 290 g/mol. The van der Waals surface area contributed by atoms with Gasteiger partial charge in [-0.1, -0.05) is 0 Å². The number of hydrogen-bond acceptors (Lipinski definition) is 4. The highest BCUT2D eigenvalue weighted by Crippen LogP contribution is 2.34. The summed E-state index contributed by atoms with van der Waals surface area (Å²) in [5, 5.41) is 2.69. The van der Waals surface area contributed by atoms with Gasteiger partial charge in [-0.15, -0.1) is 0 Å². The van der Waals surface area contributed by atoms with Crippen LogP contribution in [0.25, 0.3) is 0 Å². The fourth-order valence-corrected chi connectivity index (χ4v) is 3.33. The Hall–Kier alpha value is -2.37. The van der Waals surface area contributed by atoms with Crippen LogP contribution in [0.1, 0.15) is 47.2 Å². The van der Waals surface area contributed by atoms with Gasteiger partial charge < -0.3 is 14.8 Å². The van der Waals surface area contributed by atoms with Crippen LogP contribution < -0.4 is 10.2 Å². The fourth-order valence-electron chi connectivity index (χ4n) is 3.33. The minimum atomic E-state index is -0.0565. The van der Waals surface area contributed by atoms with E-state index in [1.165, 1.54) is 6.42 Å². The molecule has 0 saturated carbocycles. The maximum atomic E-state index is 12.0.